The predicted molar refractivity (Wildman–Crippen MR) is 82.5 cm³/mol. The van der Waals surface area contributed by atoms with E-state index in [1.807, 2.05) is 13.0 Å². The van der Waals surface area contributed by atoms with Crippen LogP contribution < -0.4 is 10.6 Å². The highest BCUT2D eigenvalue weighted by Gasteiger charge is 2.31. The summed E-state index contributed by atoms with van der Waals surface area (Å²) < 4.78 is 0. The molecular formula is C17H26N2O. The molecular weight excluding hydrogens is 248 g/mol. The molecule has 1 aliphatic heterocycles. The van der Waals surface area contributed by atoms with E-state index < -0.39 is 0 Å². The average molecular weight is 274 g/mol. The molecule has 1 atom stereocenters. The zero-order valence-corrected chi connectivity index (χ0v) is 12.8. The first kappa shape index (κ1) is 15.0. The Kier molecular flexibility index (Phi) is 4.81. The molecule has 1 fully saturated rings. The normalized spacial score (nSPS) is 17.4. The van der Waals surface area contributed by atoms with Gasteiger partial charge in [-0.25, -0.2) is 0 Å². The minimum atomic E-state index is -0.154. The molecule has 1 amide bonds. The average Bonchev–Trinajstić information content (AvgIpc) is 2.35. The van der Waals surface area contributed by atoms with Crippen molar-refractivity contribution >= 4 is 5.91 Å². The van der Waals surface area contributed by atoms with E-state index in [4.69, 9.17) is 0 Å². The second kappa shape index (κ2) is 6.40. The van der Waals surface area contributed by atoms with Crippen LogP contribution in [-0.4, -0.2) is 24.5 Å². The molecule has 3 heteroatoms. The van der Waals surface area contributed by atoms with Gasteiger partial charge in [-0.2, -0.15) is 0 Å². The van der Waals surface area contributed by atoms with Gasteiger partial charge in [0.05, 0.1) is 0 Å². The number of benzene rings is 1. The maximum absolute atomic E-state index is 12.3. The zero-order chi connectivity index (χ0) is 14.6. The van der Waals surface area contributed by atoms with Gasteiger partial charge in [-0.1, -0.05) is 37.3 Å². The third-order valence-corrected chi connectivity index (χ3v) is 4.28. The van der Waals surface area contributed by atoms with Crippen LogP contribution in [0, 0.1) is 11.8 Å². The van der Waals surface area contributed by atoms with E-state index in [9.17, 15) is 4.79 Å². The molecule has 0 aliphatic carbocycles. The Bertz CT molecular complexity index is 438. The Morgan fingerprint density at radius 3 is 2.55 bits per heavy atom. The lowest BCUT2D eigenvalue weighted by Gasteiger charge is -2.34. The standard InChI is InChI=1S/C17H26N2O/c1-13(15-11-18-12-15)16(20)19-17(2,3)10-9-14-7-5-4-6-8-14/h4-8,13,15,18H,9-12H2,1-3H3,(H,19,20). The summed E-state index contributed by atoms with van der Waals surface area (Å²) in [5.74, 6) is 0.793. The van der Waals surface area contributed by atoms with Gasteiger partial charge in [0, 0.05) is 11.5 Å². The monoisotopic (exact) mass is 274 g/mol. The molecule has 0 saturated carbocycles. The van der Waals surface area contributed by atoms with Crippen molar-refractivity contribution in [1.82, 2.24) is 10.6 Å². The lowest BCUT2D eigenvalue weighted by Crippen LogP contribution is -2.53. The van der Waals surface area contributed by atoms with Crippen LogP contribution in [0.2, 0.25) is 0 Å². The highest BCUT2D eigenvalue weighted by Crippen LogP contribution is 2.19. The third-order valence-electron chi connectivity index (χ3n) is 4.28. The quantitative estimate of drug-likeness (QED) is 0.836. The van der Waals surface area contributed by atoms with Gasteiger partial charge >= 0.3 is 0 Å². The van der Waals surface area contributed by atoms with Crippen LogP contribution in [0.15, 0.2) is 30.3 Å². The summed E-state index contributed by atoms with van der Waals surface area (Å²) in [5, 5.41) is 6.44. The first-order chi connectivity index (χ1) is 9.48. The van der Waals surface area contributed by atoms with Gasteiger partial charge in [-0.05, 0) is 51.3 Å². The molecule has 2 N–H and O–H groups in total. The fraction of sp³-hybridized carbons (Fsp3) is 0.588. The number of rotatable bonds is 6. The second-order valence-electron chi connectivity index (χ2n) is 6.57. The number of amides is 1. The molecule has 2 rings (SSSR count). The molecule has 20 heavy (non-hydrogen) atoms. The highest BCUT2D eigenvalue weighted by atomic mass is 16.2. The molecule has 1 aromatic rings. The zero-order valence-electron chi connectivity index (χ0n) is 12.8. The minimum Gasteiger partial charge on any atom is -0.351 e. The smallest absolute Gasteiger partial charge is 0.223 e. The van der Waals surface area contributed by atoms with Gasteiger partial charge < -0.3 is 10.6 Å². The largest absolute Gasteiger partial charge is 0.351 e. The maximum Gasteiger partial charge on any atom is 0.223 e. The molecule has 1 aromatic carbocycles. The molecule has 1 aliphatic rings. The molecule has 0 radical (unpaired) electrons. The van der Waals surface area contributed by atoms with Crippen molar-refractivity contribution < 1.29 is 4.79 Å². The second-order valence-corrected chi connectivity index (χ2v) is 6.57. The fourth-order valence-electron chi connectivity index (χ4n) is 2.49. The Balaban J connectivity index is 1.82. The summed E-state index contributed by atoms with van der Waals surface area (Å²) in [6.45, 7) is 8.20. The summed E-state index contributed by atoms with van der Waals surface area (Å²) in [6, 6.07) is 10.4. The Morgan fingerprint density at radius 2 is 2.00 bits per heavy atom. The van der Waals surface area contributed by atoms with E-state index in [2.05, 4.69) is 48.7 Å². The molecule has 0 spiro atoms. The van der Waals surface area contributed by atoms with Gasteiger partial charge in [0.1, 0.15) is 0 Å². The van der Waals surface area contributed by atoms with Crippen molar-refractivity contribution in [2.24, 2.45) is 11.8 Å². The van der Waals surface area contributed by atoms with Gasteiger partial charge in [0.15, 0.2) is 0 Å². The van der Waals surface area contributed by atoms with Crippen LogP contribution in [0.4, 0.5) is 0 Å². The lowest BCUT2D eigenvalue weighted by atomic mass is 9.87. The molecule has 0 bridgehead atoms. The van der Waals surface area contributed by atoms with Crippen molar-refractivity contribution in [1.29, 1.82) is 0 Å². The summed E-state index contributed by atoms with van der Waals surface area (Å²) in [5.41, 5.74) is 1.17. The summed E-state index contributed by atoms with van der Waals surface area (Å²) >= 11 is 0. The molecule has 0 aromatic heterocycles. The Hall–Kier alpha value is -1.35. The highest BCUT2D eigenvalue weighted by molar-refractivity contribution is 5.79. The molecule has 1 unspecified atom stereocenters. The van der Waals surface area contributed by atoms with Crippen molar-refractivity contribution in [2.75, 3.05) is 13.1 Å². The third kappa shape index (κ3) is 4.07. The van der Waals surface area contributed by atoms with Gasteiger partial charge in [0.2, 0.25) is 5.91 Å². The topological polar surface area (TPSA) is 41.1 Å². The Labute approximate surface area is 122 Å². The van der Waals surface area contributed by atoms with Gasteiger partial charge in [-0.15, -0.1) is 0 Å². The van der Waals surface area contributed by atoms with Crippen LogP contribution in [0.1, 0.15) is 32.8 Å². The van der Waals surface area contributed by atoms with Crippen LogP contribution >= 0.6 is 0 Å². The Morgan fingerprint density at radius 1 is 1.35 bits per heavy atom. The minimum absolute atomic E-state index is 0.104. The SMILES string of the molecule is CC(C(=O)NC(C)(C)CCc1ccccc1)C1CNC1. The van der Waals surface area contributed by atoms with E-state index >= 15 is 0 Å². The van der Waals surface area contributed by atoms with Crippen LogP contribution in [0.5, 0.6) is 0 Å². The van der Waals surface area contributed by atoms with Crippen LogP contribution in [0.25, 0.3) is 0 Å². The first-order valence-electron chi connectivity index (χ1n) is 7.54. The van der Waals surface area contributed by atoms with E-state index in [1.54, 1.807) is 0 Å². The maximum atomic E-state index is 12.3. The summed E-state index contributed by atoms with van der Waals surface area (Å²) in [4.78, 5) is 12.3. The number of carbonyl (C=O) groups is 1. The number of hydrogen-bond acceptors (Lipinski definition) is 2. The van der Waals surface area contributed by atoms with Crippen LogP contribution in [-0.2, 0) is 11.2 Å². The van der Waals surface area contributed by atoms with Crippen molar-refractivity contribution in [3.63, 3.8) is 0 Å². The van der Waals surface area contributed by atoms with Crippen molar-refractivity contribution in [2.45, 2.75) is 39.2 Å². The number of nitrogens with one attached hydrogen (secondary N) is 2. The van der Waals surface area contributed by atoms with Gasteiger partial charge in [-0.3, -0.25) is 4.79 Å². The van der Waals surface area contributed by atoms with Crippen molar-refractivity contribution in [3.8, 4) is 0 Å². The first-order valence-corrected chi connectivity index (χ1v) is 7.54. The predicted octanol–water partition coefficient (Wildman–Crippen LogP) is 2.37. The number of aryl methyl sites for hydroxylation is 1. The van der Waals surface area contributed by atoms with E-state index in [-0.39, 0.29) is 17.4 Å². The molecule has 110 valence electrons. The van der Waals surface area contributed by atoms with Crippen LogP contribution in [0.3, 0.4) is 0 Å². The van der Waals surface area contributed by atoms with Crippen molar-refractivity contribution in [3.05, 3.63) is 35.9 Å². The van der Waals surface area contributed by atoms with E-state index in [1.165, 1.54) is 5.56 Å². The number of hydrogen-bond donors (Lipinski definition) is 2. The van der Waals surface area contributed by atoms with Gasteiger partial charge in [0.25, 0.3) is 0 Å². The molecule has 1 heterocycles. The lowest BCUT2D eigenvalue weighted by molar-refractivity contribution is -0.128. The summed E-state index contributed by atoms with van der Waals surface area (Å²) in [6.07, 6.45) is 1.95. The fourth-order valence-corrected chi connectivity index (χ4v) is 2.49. The summed E-state index contributed by atoms with van der Waals surface area (Å²) in [7, 11) is 0. The molecule has 3 nitrogen and oxygen atoms in total. The molecule has 1 saturated heterocycles. The van der Waals surface area contributed by atoms with E-state index in [0.29, 0.717) is 5.92 Å². The van der Waals surface area contributed by atoms with E-state index in [0.717, 1.165) is 25.9 Å². The number of carbonyl (C=O) groups excluding carboxylic acids is 1.